The largest absolute Gasteiger partial charge is 0.549 e. The van der Waals surface area contributed by atoms with Crippen molar-refractivity contribution < 1.29 is 14.8 Å². The van der Waals surface area contributed by atoms with Gasteiger partial charge >= 0.3 is 0 Å². The molecule has 1 rings (SSSR count). The molecule has 0 radical (unpaired) electrons. The number of nitrogens with zero attached hydrogens (tertiary/aromatic N) is 1. The first-order valence-corrected chi connectivity index (χ1v) is 5.50. The Morgan fingerprint density at radius 1 is 1.38 bits per heavy atom. The average molecular weight is 287 g/mol. The highest BCUT2D eigenvalue weighted by Gasteiger charge is 2.07. The lowest BCUT2D eigenvalue weighted by Gasteiger charge is -2.09. The summed E-state index contributed by atoms with van der Waals surface area (Å²) in [6.45, 7) is 0. The molecule has 6 heteroatoms. The highest BCUT2D eigenvalue weighted by Crippen LogP contribution is 2.15. The molecule has 1 atom stereocenters. The van der Waals surface area contributed by atoms with Crippen LogP contribution >= 0.6 is 15.9 Å². The minimum Gasteiger partial charge on any atom is -0.549 e. The molecule has 5 nitrogen and oxygen atoms in total. The molecule has 0 saturated carbocycles. The van der Waals surface area contributed by atoms with E-state index in [-0.39, 0.29) is 5.69 Å². The summed E-state index contributed by atoms with van der Waals surface area (Å²) < 4.78 is 0. The Morgan fingerprint density at radius 2 is 1.94 bits per heavy atom. The van der Waals surface area contributed by atoms with E-state index in [0.717, 1.165) is 5.56 Å². The fourth-order valence-electron chi connectivity index (χ4n) is 1.20. The van der Waals surface area contributed by atoms with Gasteiger partial charge in [-0.05, 0) is 18.4 Å². The lowest BCUT2D eigenvalue weighted by Crippen LogP contribution is -2.31. The summed E-state index contributed by atoms with van der Waals surface area (Å²) >= 11 is 2.97. The zero-order valence-electron chi connectivity index (χ0n) is 8.26. The highest BCUT2D eigenvalue weighted by molar-refractivity contribution is 9.10. The number of aliphatic carboxylic acids is 1. The van der Waals surface area contributed by atoms with Crippen LogP contribution in [0, 0.1) is 10.1 Å². The molecule has 1 aromatic carbocycles. The zero-order valence-corrected chi connectivity index (χ0v) is 9.85. The fourth-order valence-corrected chi connectivity index (χ4v) is 1.42. The number of carbonyl (C=O) groups excluding carboxylic acids is 1. The first-order chi connectivity index (χ1) is 7.50. The van der Waals surface area contributed by atoms with Crippen molar-refractivity contribution in [3.8, 4) is 0 Å². The van der Waals surface area contributed by atoms with Crippen LogP contribution in [0.25, 0.3) is 0 Å². The van der Waals surface area contributed by atoms with E-state index in [4.69, 9.17) is 0 Å². The second kappa shape index (κ2) is 5.60. The topological polar surface area (TPSA) is 83.3 Å². The summed E-state index contributed by atoms with van der Waals surface area (Å²) in [4.78, 5) is 19.6. The van der Waals surface area contributed by atoms with Crippen LogP contribution < -0.4 is 5.11 Å². The molecule has 16 heavy (non-hydrogen) atoms. The minimum atomic E-state index is -1.15. The summed E-state index contributed by atoms with van der Waals surface area (Å²) in [5.41, 5.74) is 0.885. The van der Waals surface area contributed by atoms with E-state index in [0.29, 0.717) is 12.8 Å². The van der Waals surface area contributed by atoms with Crippen LogP contribution in [0.15, 0.2) is 24.3 Å². The Hall–Kier alpha value is -1.43. The van der Waals surface area contributed by atoms with Crippen molar-refractivity contribution in [3.63, 3.8) is 0 Å². The number of carboxylic acids is 1. The molecule has 0 aliphatic heterocycles. The number of halogens is 1. The maximum Gasteiger partial charge on any atom is 0.269 e. The maximum absolute atomic E-state index is 10.4. The third-order valence-electron chi connectivity index (χ3n) is 2.09. The number of hydrogen-bond donors (Lipinski definition) is 0. The molecule has 0 heterocycles. The van der Waals surface area contributed by atoms with Gasteiger partial charge in [-0.15, -0.1) is 0 Å². The third kappa shape index (κ3) is 3.62. The second-order valence-corrected chi connectivity index (χ2v) is 4.35. The van der Waals surface area contributed by atoms with Crippen LogP contribution in [0.2, 0.25) is 0 Å². The van der Waals surface area contributed by atoms with Gasteiger partial charge in [-0.2, -0.15) is 0 Å². The molecule has 1 aromatic rings. The Labute approximate surface area is 100 Å². The highest BCUT2D eigenvalue weighted by atomic mass is 79.9. The van der Waals surface area contributed by atoms with Gasteiger partial charge in [0.05, 0.1) is 15.7 Å². The van der Waals surface area contributed by atoms with Gasteiger partial charge in [0.1, 0.15) is 0 Å². The molecule has 0 saturated heterocycles. The molecule has 0 aromatic heterocycles. The molecule has 0 N–H and O–H groups in total. The number of nitro benzene ring substituents is 1. The van der Waals surface area contributed by atoms with Gasteiger partial charge in [-0.3, -0.25) is 10.1 Å². The van der Waals surface area contributed by atoms with Gasteiger partial charge in [0.15, 0.2) is 0 Å². The van der Waals surface area contributed by atoms with Crippen LogP contribution in [0.5, 0.6) is 0 Å². The van der Waals surface area contributed by atoms with E-state index in [1.54, 1.807) is 12.1 Å². The fraction of sp³-hybridized carbons (Fsp3) is 0.300. The van der Waals surface area contributed by atoms with Crippen LogP contribution in [0.1, 0.15) is 12.0 Å². The molecule has 0 spiro atoms. The predicted octanol–water partition coefficient (Wildman–Crippen LogP) is 1.04. The molecule has 86 valence electrons. The van der Waals surface area contributed by atoms with Crippen LogP contribution in [-0.2, 0) is 11.2 Å². The van der Waals surface area contributed by atoms with Crippen molar-refractivity contribution in [2.45, 2.75) is 17.7 Å². The van der Waals surface area contributed by atoms with E-state index in [1.165, 1.54) is 12.1 Å². The molecular formula is C10H9BrNO4-. The van der Waals surface area contributed by atoms with E-state index in [9.17, 15) is 20.0 Å². The van der Waals surface area contributed by atoms with Crippen molar-refractivity contribution in [1.82, 2.24) is 0 Å². The van der Waals surface area contributed by atoms with Crippen LogP contribution in [0.3, 0.4) is 0 Å². The molecule has 1 unspecified atom stereocenters. The SMILES string of the molecule is O=C([O-])C(Br)CCc1ccc([N+](=O)[O-])cc1. The molecule has 0 aliphatic carbocycles. The van der Waals surface area contributed by atoms with Crippen molar-refractivity contribution in [3.05, 3.63) is 39.9 Å². The number of nitro groups is 1. The van der Waals surface area contributed by atoms with E-state index in [1.807, 2.05) is 0 Å². The number of rotatable bonds is 5. The molecule has 0 bridgehead atoms. The quantitative estimate of drug-likeness (QED) is 0.460. The lowest BCUT2D eigenvalue weighted by molar-refractivity contribution is -0.384. The molecule has 0 fully saturated rings. The van der Waals surface area contributed by atoms with E-state index in [2.05, 4.69) is 15.9 Å². The summed E-state index contributed by atoms with van der Waals surface area (Å²) in [6, 6.07) is 6.04. The summed E-state index contributed by atoms with van der Waals surface area (Å²) in [6.07, 6.45) is 0.919. The number of aryl methyl sites for hydroxylation is 1. The number of hydrogen-bond acceptors (Lipinski definition) is 4. The zero-order chi connectivity index (χ0) is 12.1. The van der Waals surface area contributed by atoms with Gasteiger partial charge < -0.3 is 9.90 Å². The smallest absolute Gasteiger partial charge is 0.269 e. The summed E-state index contributed by atoms with van der Waals surface area (Å²) in [5, 5.41) is 20.8. The number of non-ortho nitro benzene ring substituents is 1. The first kappa shape index (κ1) is 12.6. The van der Waals surface area contributed by atoms with Crippen molar-refractivity contribution >= 4 is 27.6 Å². The number of carboxylic acid groups (broad SMARTS) is 1. The summed E-state index contributed by atoms with van der Waals surface area (Å²) in [5.74, 6) is -1.15. The van der Waals surface area contributed by atoms with Crippen molar-refractivity contribution in [2.24, 2.45) is 0 Å². The number of alkyl halides is 1. The van der Waals surface area contributed by atoms with Gasteiger partial charge in [0.2, 0.25) is 0 Å². The van der Waals surface area contributed by atoms with E-state index >= 15 is 0 Å². The third-order valence-corrected chi connectivity index (χ3v) is 2.92. The van der Waals surface area contributed by atoms with Gasteiger partial charge in [-0.25, -0.2) is 0 Å². The van der Waals surface area contributed by atoms with Crippen molar-refractivity contribution in [1.29, 1.82) is 0 Å². The number of benzene rings is 1. The summed E-state index contributed by atoms with van der Waals surface area (Å²) in [7, 11) is 0. The van der Waals surface area contributed by atoms with Crippen LogP contribution in [-0.4, -0.2) is 15.7 Å². The van der Waals surface area contributed by atoms with Crippen molar-refractivity contribution in [2.75, 3.05) is 0 Å². The first-order valence-electron chi connectivity index (χ1n) is 4.59. The Bertz CT molecular complexity index is 390. The van der Waals surface area contributed by atoms with Crippen LogP contribution in [0.4, 0.5) is 5.69 Å². The minimum absolute atomic E-state index is 0.0269. The van der Waals surface area contributed by atoms with E-state index < -0.39 is 15.7 Å². The molecule has 0 amide bonds. The standard InChI is InChI=1S/C10H10BrNO4/c11-9(10(13)14)6-3-7-1-4-8(5-2-7)12(15)16/h1-2,4-5,9H,3,6H2,(H,13,14)/p-1. The monoisotopic (exact) mass is 286 g/mol. The molecule has 0 aliphatic rings. The Kier molecular flexibility index (Phi) is 4.42. The van der Waals surface area contributed by atoms with Gasteiger partial charge in [0.25, 0.3) is 5.69 Å². The Balaban J connectivity index is 2.56. The maximum atomic E-state index is 10.4. The Morgan fingerprint density at radius 3 is 2.38 bits per heavy atom. The van der Waals surface area contributed by atoms with Gasteiger partial charge in [0, 0.05) is 12.1 Å². The lowest BCUT2D eigenvalue weighted by atomic mass is 10.1. The predicted molar refractivity (Wildman–Crippen MR) is 59.1 cm³/mol. The second-order valence-electron chi connectivity index (χ2n) is 3.25. The average Bonchev–Trinajstić information content (AvgIpc) is 2.26. The molecular weight excluding hydrogens is 278 g/mol. The normalized spacial score (nSPS) is 12.1. The number of carbonyl (C=O) groups is 1. The van der Waals surface area contributed by atoms with Gasteiger partial charge in [-0.1, -0.05) is 28.1 Å².